The fraction of sp³-hybridized carbons (Fsp3) is 0.259. The molecule has 1 unspecified atom stereocenters. The minimum absolute atomic E-state index is 0.0319. The molecule has 0 amide bonds. The first-order valence-corrected chi connectivity index (χ1v) is 13.1. The van der Waals surface area contributed by atoms with E-state index in [0.29, 0.717) is 17.4 Å². The predicted octanol–water partition coefficient (Wildman–Crippen LogP) is 4.71. The SMILES string of the molecule is CCCCC(NS(=O)(=O)c1ccc(C)cc1)C(=O)Oc1cc(O)c2c(=O)c3cccc(C)c3oc2c1. The highest BCUT2D eigenvalue weighted by Gasteiger charge is 2.27. The maximum absolute atomic E-state index is 13.0. The predicted molar refractivity (Wildman–Crippen MR) is 137 cm³/mol. The molecule has 3 aromatic carbocycles. The summed E-state index contributed by atoms with van der Waals surface area (Å²) < 4.78 is 39.5. The van der Waals surface area contributed by atoms with Crippen LogP contribution in [0.4, 0.5) is 0 Å². The largest absolute Gasteiger partial charge is 0.507 e. The molecule has 1 heterocycles. The fourth-order valence-corrected chi connectivity index (χ4v) is 5.17. The summed E-state index contributed by atoms with van der Waals surface area (Å²) in [4.78, 5) is 26.0. The molecule has 4 rings (SSSR count). The summed E-state index contributed by atoms with van der Waals surface area (Å²) in [5.74, 6) is -1.31. The van der Waals surface area contributed by atoms with E-state index in [1.54, 1.807) is 37.3 Å². The number of aryl methyl sites for hydroxylation is 2. The van der Waals surface area contributed by atoms with Gasteiger partial charge in [0.1, 0.15) is 34.1 Å². The summed E-state index contributed by atoms with van der Waals surface area (Å²) >= 11 is 0. The number of para-hydroxylation sites is 1. The second kappa shape index (κ2) is 10.1. The van der Waals surface area contributed by atoms with Crippen LogP contribution in [0, 0.1) is 13.8 Å². The van der Waals surface area contributed by atoms with Crippen LogP contribution in [0.25, 0.3) is 21.9 Å². The van der Waals surface area contributed by atoms with Crippen LogP contribution in [0.3, 0.4) is 0 Å². The normalized spacial score (nSPS) is 12.6. The number of carbonyl (C=O) groups is 1. The molecule has 0 aliphatic heterocycles. The van der Waals surface area contributed by atoms with Gasteiger partial charge in [-0.05, 0) is 44.0 Å². The number of unbranched alkanes of at least 4 members (excludes halogenated alkanes) is 1. The minimum atomic E-state index is -3.98. The van der Waals surface area contributed by atoms with Crippen LogP contribution in [-0.2, 0) is 14.8 Å². The average Bonchev–Trinajstić information content (AvgIpc) is 2.82. The van der Waals surface area contributed by atoms with E-state index in [0.717, 1.165) is 23.6 Å². The number of phenolic OH excluding ortho intramolecular Hbond substituents is 1. The van der Waals surface area contributed by atoms with Gasteiger partial charge in [0.25, 0.3) is 0 Å². The molecule has 1 aromatic heterocycles. The second-order valence-corrected chi connectivity index (χ2v) is 10.5. The first-order valence-electron chi connectivity index (χ1n) is 11.6. The van der Waals surface area contributed by atoms with Crippen molar-refractivity contribution in [1.82, 2.24) is 4.72 Å². The van der Waals surface area contributed by atoms with Gasteiger partial charge < -0.3 is 14.3 Å². The van der Waals surface area contributed by atoms with E-state index in [4.69, 9.17) is 9.15 Å². The zero-order valence-corrected chi connectivity index (χ0v) is 21.0. The van der Waals surface area contributed by atoms with Crippen LogP contribution in [0.5, 0.6) is 11.5 Å². The van der Waals surface area contributed by atoms with Crippen LogP contribution in [-0.4, -0.2) is 25.5 Å². The molecular formula is C27H27NO7S. The Labute approximate surface area is 208 Å². The van der Waals surface area contributed by atoms with Crippen molar-refractivity contribution in [1.29, 1.82) is 0 Å². The van der Waals surface area contributed by atoms with E-state index in [1.165, 1.54) is 18.2 Å². The molecule has 0 bridgehead atoms. The van der Waals surface area contributed by atoms with Gasteiger partial charge in [0.2, 0.25) is 15.5 Å². The highest BCUT2D eigenvalue weighted by atomic mass is 32.2. The molecule has 0 saturated heterocycles. The third kappa shape index (κ3) is 5.12. The topological polar surface area (TPSA) is 123 Å². The highest BCUT2D eigenvalue weighted by Crippen LogP contribution is 2.31. The van der Waals surface area contributed by atoms with Gasteiger partial charge in [0, 0.05) is 12.1 Å². The molecule has 0 fully saturated rings. The van der Waals surface area contributed by atoms with Crippen molar-refractivity contribution in [3.8, 4) is 11.5 Å². The number of esters is 1. The first kappa shape index (κ1) is 25.4. The molecule has 0 aliphatic rings. The second-order valence-electron chi connectivity index (χ2n) is 8.75. The Balaban J connectivity index is 1.66. The molecule has 0 saturated carbocycles. The molecule has 9 heteroatoms. The average molecular weight is 510 g/mol. The number of phenols is 1. The number of rotatable bonds is 8. The Morgan fingerprint density at radius 1 is 1.11 bits per heavy atom. The van der Waals surface area contributed by atoms with Crippen molar-refractivity contribution in [2.45, 2.75) is 51.0 Å². The summed E-state index contributed by atoms with van der Waals surface area (Å²) in [7, 11) is -3.98. The van der Waals surface area contributed by atoms with E-state index in [1.807, 2.05) is 13.8 Å². The molecule has 0 radical (unpaired) electrons. The summed E-state index contributed by atoms with van der Waals surface area (Å²) in [6.07, 6.45) is 1.54. The van der Waals surface area contributed by atoms with Gasteiger partial charge in [-0.2, -0.15) is 4.72 Å². The van der Waals surface area contributed by atoms with E-state index < -0.39 is 33.2 Å². The highest BCUT2D eigenvalue weighted by molar-refractivity contribution is 7.89. The third-order valence-corrected chi connectivity index (χ3v) is 7.42. The van der Waals surface area contributed by atoms with Crippen molar-refractivity contribution in [2.24, 2.45) is 0 Å². The summed E-state index contributed by atoms with van der Waals surface area (Å²) in [6, 6.07) is 12.7. The van der Waals surface area contributed by atoms with Gasteiger partial charge in [-0.15, -0.1) is 0 Å². The number of fused-ring (bicyclic) bond motifs is 2. The van der Waals surface area contributed by atoms with E-state index in [2.05, 4.69) is 4.72 Å². The van der Waals surface area contributed by atoms with E-state index in [9.17, 15) is 23.1 Å². The lowest BCUT2D eigenvalue weighted by molar-refractivity contribution is -0.136. The molecule has 36 heavy (non-hydrogen) atoms. The van der Waals surface area contributed by atoms with Crippen LogP contribution in [0.2, 0.25) is 0 Å². The van der Waals surface area contributed by atoms with Gasteiger partial charge in [-0.3, -0.25) is 4.79 Å². The fourth-order valence-electron chi connectivity index (χ4n) is 3.95. The Kier molecular flexibility index (Phi) is 7.14. The molecule has 0 spiro atoms. The van der Waals surface area contributed by atoms with Gasteiger partial charge >= 0.3 is 5.97 Å². The van der Waals surface area contributed by atoms with Crippen LogP contribution < -0.4 is 14.9 Å². The van der Waals surface area contributed by atoms with E-state index >= 15 is 0 Å². The standard InChI is InChI=1S/C27H27NO7S/c1-4-5-9-21(28-36(32,33)19-12-10-16(2)11-13-19)27(31)34-18-14-22(29)24-23(15-18)35-26-17(3)7-6-8-20(26)25(24)30/h6-8,10-15,21,28-29H,4-5,9H2,1-3H3. The molecule has 0 aliphatic carbocycles. The number of aromatic hydroxyl groups is 1. The Hall–Kier alpha value is -3.69. The lowest BCUT2D eigenvalue weighted by Gasteiger charge is -2.18. The van der Waals surface area contributed by atoms with Crippen LogP contribution >= 0.6 is 0 Å². The summed E-state index contributed by atoms with van der Waals surface area (Å²) in [6.45, 7) is 5.56. The number of hydrogen-bond acceptors (Lipinski definition) is 7. The molecule has 8 nitrogen and oxygen atoms in total. The number of nitrogens with one attached hydrogen (secondary N) is 1. The molecular weight excluding hydrogens is 482 g/mol. The Bertz CT molecular complexity index is 1610. The van der Waals surface area contributed by atoms with Crippen molar-refractivity contribution < 1.29 is 27.5 Å². The van der Waals surface area contributed by atoms with Crippen molar-refractivity contribution in [2.75, 3.05) is 0 Å². The summed E-state index contributed by atoms with van der Waals surface area (Å²) in [5, 5.41) is 10.8. The van der Waals surface area contributed by atoms with Gasteiger partial charge in [-0.25, -0.2) is 13.2 Å². The lowest BCUT2D eigenvalue weighted by atomic mass is 10.1. The van der Waals surface area contributed by atoms with Crippen molar-refractivity contribution >= 4 is 37.9 Å². The molecule has 188 valence electrons. The van der Waals surface area contributed by atoms with Gasteiger partial charge in [0.05, 0.1) is 10.3 Å². The quantitative estimate of drug-likeness (QED) is 0.200. The number of hydrogen-bond donors (Lipinski definition) is 2. The maximum atomic E-state index is 13.0. The monoisotopic (exact) mass is 509 g/mol. The Morgan fingerprint density at radius 3 is 2.53 bits per heavy atom. The Morgan fingerprint density at radius 2 is 1.83 bits per heavy atom. The van der Waals surface area contributed by atoms with Crippen molar-refractivity contribution in [3.63, 3.8) is 0 Å². The first-order chi connectivity index (χ1) is 17.1. The zero-order valence-electron chi connectivity index (χ0n) is 20.2. The van der Waals surface area contributed by atoms with Crippen LogP contribution in [0.15, 0.2) is 68.7 Å². The molecule has 4 aromatic rings. The lowest BCUT2D eigenvalue weighted by Crippen LogP contribution is -2.42. The minimum Gasteiger partial charge on any atom is -0.507 e. The van der Waals surface area contributed by atoms with E-state index in [-0.39, 0.29) is 28.0 Å². The third-order valence-electron chi connectivity index (χ3n) is 5.93. The number of sulfonamides is 1. The number of benzene rings is 3. The smallest absolute Gasteiger partial charge is 0.329 e. The van der Waals surface area contributed by atoms with Crippen LogP contribution in [0.1, 0.15) is 37.3 Å². The van der Waals surface area contributed by atoms with Gasteiger partial charge in [0.15, 0.2) is 0 Å². The maximum Gasteiger partial charge on any atom is 0.329 e. The molecule has 1 atom stereocenters. The molecule has 2 N–H and O–H groups in total. The number of ether oxygens (including phenoxy) is 1. The zero-order chi connectivity index (χ0) is 26.0. The van der Waals surface area contributed by atoms with Crippen molar-refractivity contribution in [3.05, 3.63) is 75.9 Å². The number of carbonyl (C=O) groups excluding carboxylic acids is 1. The summed E-state index contributed by atoms with van der Waals surface area (Å²) in [5.41, 5.74) is 1.65. The van der Waals surface area contributed by atoms with Gasteiger partial charge in [-0.1, -0.05) is 49.6 Å².